The van der Waals surface area contributed by atoms with Crippen LogP contribution in [0, 0.1) is 5.82 Å². The van der Waals surface area contributed by atoms with Gasteiger partial charge in [-0.1, -0.05) is 12.1 Å². The zero-order valence-corrected chi connectivity index (χ0v) is 10.00. The Bertz CT molecular complexity index is 500. The highest BCUT2D eigenvalue weighted by Crippen LogP contribution is 2.29. The zero-order valence-electron chi connectivity index (χ0n) is 10.00. The Labute approximate surface area is 99.9 Å². The maximum atomic E-state index is 12.9. The summed E-state index contributed by atoms with van der Waals surface area (Å²) in [6.07, 6.45) is 1.74. The molecule has 4 heteroatoms. The smallest absolute Gasteiger partial charge is 0.123 e. The van der Waals surface area contributed by atoms with Crippen LogP contribution in [-0.4, -0.2) is 9.97 Å². The number of rotatable bonds is 3. The lowest BCUT2D eigenvalue weighted by atomic mass is 9.84. The first-order valence-electron chi connectivity index (χ1n) is 5.54. The molecule has 1 heterocycles. The average molecular weight is 233 g/mol. The molecule has 2 aromatic rings. The van der Waals surface area contributed by atoms with Gasteiger partial charge in [-0.2, -0.15) is 0 Å². The Hall–Kier alpha value is -1.68. The maximum Gasteiger partial charge on any atom is 0.123 e. The molecule has 3 N–H and O–H groups in total. The van der Waals surface area contributed by atoms with Gasteiger partial charge in [0.05, 0.1) is 0 Å². The summed E-state index contributed by atoms with van der Waals surface area (Å²) in [5.41, 5.74) is 7.16. The minimum absolute atomic E-state index is 0.230. The summed E-state index contributed by atoms with van der Waals surface area (Å²) >= 11 is 0. The van der Waals surface area contributed by atoms with Gasteiger partial charge >= 0.3 is 0 Å². The summed E-state index contributed by atoms with van der Waals surface area (Å²) in [4.78, 5) is 7.51. The predicted molar refractivity (Wildman–Crippen MR) is 65.0 cm³/mol. The van der Waals surface area contributed by atoms with Gasteiger partial charge < -0.3 is 10.7 Å². The number of hydrogen-bond acceptors (Lipinski definition) is 2. The van der Waals surface area contributed by atoms with Crippen molar-refractivity contribution in [2.75, 3.05) is 0 Å². The summed E-state index contributed by atoms with van der Waals surface area (Å²) in [6, 6.07) is 6.48. The lowest BCUT2D eigenvalue weighted by Gasteiger charge is -2.22. The fourth-order valence-electron chi connectivity index (χ4n) is 1.78. The molecule has 90 valence electrons. The number of aromatic nitrogens is 2. The lowest BCUT2D eigenvalue weighted by Crippen LogP contribution is -2.21. The molecule has 0 aliphatic carbocycles. The quantitative estimate of drug-likeness (QED) is 0.854. The Kier molecular flexibility index (Phi) is 2.98. The Morgan fingerprint density at radius 2 is 1.94 bits per heavy atom. The number of aromatic amines is 1. The van der Waals surface area contributed by atoms with Crippen LogP contribution in [0.5, 0.6) is 0 Å². The van der Waals surface area contributed by atoms with Crippen LogP contribution >= 0.6 is 0 Å². The topological polar surface area (TPSA) is 54.7 Å². The van der Waals surface area contributed by atoms with E-state index < -0.39 is 0 Å². The minimum atomic E-state index is -0.291. The van der Waals surface area contributed by atoms with E-state index >= 15 is 0 Å². The summed E-state index contributed by atoms with van der Waals surface area (Å²) < 4.78 is 12.9. The van der Waals surface area contributed by atoms with Gasteiger partial charge in [-0.25, -0.2) is 9.37 Å². The van der Waals surface area contributed by atoms with Crippen molar-refractivity contribution in [3.8, 4) is 0 Å². The highest BCUT2D eigenvalue weighted by Gasteiger charge is 2.26. The third-order valence-electron chi connectivity index (χ3n) is 3.01. The van der Waals surface area contributed by atoms with E-state index in [-0.39, 0.29) is 11.2 Å². The van der Waals surface area contributed by atoms with Gasteiger partial charge in [0.2, 0.25) is 0 Å². The summed E-state index contributed by atoms with van der Waals surface area (Å²) in [5, 5.41) is 0. The summed E-state index contributed by atoms with van der Waals surface area (Å²) in [5.74, 6) is 0.608. The fraction of sp³-hybridized carbons (Fsp3) is 0.308. The van der Waals surface area contributed by atoms with E-state index in [2.05, 4.69) is 9.97 Å². The van der Waals surface area contributed by atoms with Crippen molar-refractivity contribution in [3.05, 3.63) is 53.4 Å². The fourth-order valence-corrected chi connectivity index (χ4v) is 1.78. The molecule has 0 aliphatic rings. The molecule has 17 heavy (non-hydrogen) atoms. The van der Waals surface area contributed by atoms with E-state index in [1.54, 1.807) is 18.3 Å². The van der Waals surface area contributed by atoms with Crippen molar-refractivity contribution in [1.29, 1.82) is 0 Å². The Balaban J connectivity index is 2.37. The minimum Gasteiger partial charge on any atom is -0.344 e. The van der Waals surface area contributed by atoms with E-state index in [0.29, 0.717) is 6.54 Å². The van der Waals surface area contributed by atoms with Crippen LogP contribution < -0.4 is 5.73 Å². The van der Waals surface area contributed by atoms with Crippen LogP contribution in [0.1, 0.15) is 30.9 Å². The zero-order chi connectivity index (χ0) is 12.5. The van der Waals surface area contributed by atoms with Crippen LogP contribution in [-0.2, 0) is 12.0 Å². The second-order valence-corrected chi connectivity index (χ2v) is 4.59. The monoisotopic (exact) mass is 233 g/mol. The molecule has 0 aliphatic heterocycles. The SMILES string of the molecule is CC(C)(c1ccc(F)cc1)c1ncc(CN)[nH]1. The molecule has 0 fully saturated rings. The average Bonchev–Trinajstić information content (AvgIpc) is 2.78. The van der Waals surface area contributed by atoms with Crippen molar-refractivity contribution in [2.45, 2.75) is 25.8 Å². The van der Waals surface area contributed by atoms with Crippen LogP contribution in [0.15, 0.2) is 30.5 Å². The number of nitrogens with two attached hydrogens (primary N) is 1. The Morgan fingerprint density at radius 3 is 2.47 bits per heavy atom. The number of nitrogens with zero attached hydrogens (tertiary/aromatic N) is 1. The third-order valence-corrected chi connectivity index (χ3v) is 3.01. The molecule has 1 aromatic heterocycles. The van der Waals surface area contributed by atoms with Gasteiger partial charge in [0.1, 0.15) is 11.6 Å². The first-order chi connectivity index (χ1) is 8.04. The van der Waals surface area contributed by atoms with Gasteiger partial charge in [-0.15, -0.1) is 0 Å². The number of benzene rings is 1. The van der Waals surface area contributed by atoms with Gasteiger partial charge in [-0.3, -0.25) is 0 Å². The molecular weight excluding hydrogens is 217 g/mol. The molecule has 3 nitrogen and oxygen atoms in total. The molecule has 0 bridgehead atoms. The van der Waals surface area contributed by atoms with E-state index in [9.17, 15) is 4.39 Å². The van der Waals surface area contributed by atoms with Crippen LogP contribution in [0.3, 0.4) is 0 Å². The summed E-state index contributed by atoms with van der Waals surface area (Å²) in [7, 11) is 0. The van der Waals surface area contributed by atoms with Gasteiger partial charge in [0.25, 0.3) is 0 Å². The van der Waals surface area contributed by atoms with Crippen LogP contribution in [0.25, 0.3) is 0 Å². The van der Waals surface area contributed by atoms with Crippen molar-refractivity contribution < 1.29 is 4.39 Å². The van der Waals surface area contributed by atoms with Crippen LogP contribution in [0.4, 0.5) is 4.39 Å². The second-order valence-electron chi connectivity index (χ2n) is 4.59. The van der Waals surface area contributed by atoms with Crippen LogP contribution in [0.2, 0.25) is 0 Å². The number of imidazole rings is 1. The highest BCUT2D eigenvalue weighted by molar-refractivity contribution is 5.31. The number of nitrogens with one attached hydrogen (secondary N) is 1. The van der Waals surface area contributed by atoms with Gasteiger partial charge in [0, 0.05) is 23.9 Å². The van der Waals surface area contributed by atoms with E-state index in [1.807, 2.05) is 13.8 Å². The number of H-pyrrole nitrogens is 1. The summed E-state index contributed by atoms with van der Waals surface area (Å²) in [6.45, 7) is 4.52. The largest absolute Gasteiger partial charge is 0.344 e. The van der Waals surface area contributed by atoms with Crippen molar-refractivity contribution in [1.82, 2.24) is 9.97 Å². The lowest BCUT2D eigenvalue weighted by molar-refractivity contribution is 0.588. The molecule has 2 rings (SSSR count). The highest BCUT2D eigenvalue weighted by atomic mass is 19.1. The van der Waals surface area contributed by atoms with E-state index in [1.165, 1.54) is 12.1 Å². The van der Waals surface area contributed by atoms with E-state index in [4.69, 9.17) is 5.73 Å². The standard InChI is InChI=1S/C13H16FN3/c1-13(2,9-3-5-10(14)6-4-9)12-16-8-11(7-15)17-12/h3-6,8H,7,15H2,1-2H3,(H,16,17). The van der Waals surface area contributed by atoms with E-state index in [0.717, 1.165) is 17.1 Å². The second kappa shape index (κ2) is 4.30. The van der Waals surface area contributed by atoms with Gasteiger partial charge in [-0.05, 0) is 31.5 Å². The molecule has 1 aromatic carbocycles. The molecule has 0 unspecified atom stereocenters. The van der Waals surface area contributed by atoms with Crippen molar-refractivity contribution >= 4 is 0 Å². The van der Waals surface area contributed by atoms with Crippen molar-refractivity contribution in [2.24, 2.45) is 5.73 Å². The third kappa shape index (κ3) is 2.22. The Morgan fingerprint density at radius 1 is 1.29 bits per heavy atom. The predicted octanol–water partition coefficient (Wildman–Crippen LogP) is 2.33. The maximum absolute atomic E-state index is 12.9. The molecule has 0 saturated heterocycles. The molecule has 0 radical (unpaired) electrons. The molecular formula is C13H16FN3. The van der Waals surface area contributed by atoms with Gasteiger partial charge in [0.15, 0.2) is 0 Å². The normalized spacial score (nSPS) is 11.8. The first kappa shape index (κ1) is 11.8. The van der Waals surface area contributed by atoms with Crippen molar-refractivity contribution in [3.63, 3.8) is 0 Å². The molecule has 0 saturated carbocycles. The first-order valence-corrected chi connectivity index (χ1v) is 5.54. The number of hydrogen-bond donors (Lipinski definition) is 2. The molecule has 0 spiro atoms. The molecule has 0 atom stereocenters. The molecule has 0 amide bonds. The number of halogens is 1.